The van der Waals surface area contributed by atoms with Crippen molar-refractivity contribution in [2.45, 2.75) is 20.0 Å². The molecule has 0 unspecified atom stereocenters. The Labute approximate surface area is 192 Å². The van der Waals surface area contributed by atoms with Gasteiger partial charge in [0.15, 0.2) is 11.5 Å². The van der Waals surface area contributed by atoms with E-state index in [1.807, 2.05) is 83.7 Å². The van der Waals surface area contributed by atoms with Crippen LogP contribution in [0.4, 0.5) is 5.69 Å². The number of benzene rings is 2. The summed E-state index contributed by atoms with van der Waals surface area (Å²) in [5.74, 6) is 2.29. The van der Waals surface area contributed by atoms with E-state index in [0.717, 1.165) is 27.6 Å². The number of hydrogen-bond donors (Lipinski definition) is 0. The minimum absolute atomic E-state index is 0.0310. The number of carbonyl (C=O) groups is 1. The van der Waals surface area contributed by atoms with Crippen LogP contribution in [-0.2, 0) is 17.9 Å². The third kappa shape index (κ3) is 5.60. The molecule has 0 aliphatic carbocycles. The maximum atomic E-state index is 13.4. The van der Waals surface area contributed by atoms with Crippen molar-refractivity contribution in [3.8, 4) is 17.2 Å². The summed E-state index contributed by atoms with van der Waals surface area (Å²) in [5.41, 5.74) is 1.94. The Morgan fingerprint density at radius 1 is 1.03 bits per heavy atom. The quantitative estimate of drug-likeness (QED) is 0.476. The van der Waals surface area contributed by atoms with E-state index in [1.165, 1.54) is 0 Å². The monoisotopic (exact) mass is 452 g/mol. The van der Waals surface area contributed by atoms with Gasteiger partial charge in [-0.3, -0.25) is 9.69 Å². The number of nitrogens with zero attached hydrogens (tertiary/aromatic N) is 2. The molecule has 0 fully saturated rings. The van der Waals surface area contributed by atoms with E-state index in [4.69, 9.17) is 14.2 Å². The highest BCUT2D eigenvalue weighted by Crippen LogP contribution is 2.34. The predicted molar refractivity (Wildman–Crippen MR) is 127 cm³/mol. The first-order valence-electron chi connectivity index (χ1n) is 10.7. The molecule has 7 heteroatoms. The smallest absolute Gasteiger partial charge is 0.241 e. The summed E-state index contributed by atoms with van der Waals surface area (Å²) in [6, 6.07) is 17.8. The van der Waals surface area contributed by atoms with E-state index < -0.39 is 0 Å². The first kappa shape index (κ1) is 22.2. The zero-order chi connectivity index (χ0) is 22.3. The van der Waals surface area contributed by atoms with Crippen molar-refractivity contribution in [1.82, 2.24) is 4.90 Å². The minimum Gasteiger partial charge on any atom is -0.494 e. The van der Waals surface area contributed by atoms with Gasteiger partial charge in [-0.1, -0.05) is 18.2 Å². The van der Waals surface area contributed by atoms with E-state index >= 15 is 0 Å². The SMILES string of the molecule is CCOc1ccc(CN(C)CC(=O)N(Cc2cccs2)c2ccc3c(c2)OCCO3)cc1. The summed E-state index contributed by atoms with van der Waals surface area (Å²) in [5, 5.41) is 2.03. The third-order valence-electron chi connectivity index (χ3n) is 5.12. The molecule has 1 aromatic heterocycles. The first-order valence-corrected chi connectivity index (χ1v) is 11.6. The van der Waals surface area contributed by atoms with E-state index in [1.54, 1.807) is 11.3 Å². The van der Waals surface area contributed by atoms with Gasteiger partial charge in [0, 0.05) is 23.2 Å². The lowest BCUT2D eigenvalue weighted by Gasteiger charge is -2.27. The normalized spacial score (nSPS) is 12.6. The fraction of sp³-hybridized carbons (Fsp3) is 0.320. The van der Waals surface area contributed by atoms with Crippen molar-refractivity contribution >= 4 is 22.9 Å². The Bertz CT molecular complexity index is 1020. The second-order valence-electron chi connectivity index (χ2n) is 7.64. The molecule has 0 spiro atoms. The number of ether oxygens (including phenoxy) is 3. The highest BCUT2D eigenvalue weighted by Gasteiger charge is 2.21. The number of amides is 1. The van der Waals surface area contributed by atoms with Crippen molar-refractivity contribution in [3.63, 3.8) is 0 Å². The van der Waals surface area contributed by atoms with Gasteiger partial charge >= 0.3 is 0 Å². The number of anilines is 1. The van der Waals surface area contributed by atoms with E-state index in [2.05, 4.69) is 0 Å². The molecule has 0 saturated heterocycles. The lowest BCUT2D eigenvalue weighted by Crippen LogP contribution is -2.38. The molecule has 32 heavy (non-hydrogen) atoms. The molecule has 168 valence electrons. The Hall–Kier alpha value is -3.03. The highest BCUT2D eigenvalue weighted by atomic mass is 32.1. The molecule has 1 amide bonds. The summed E-state index contributed by atoms with van der Waals surface area (Å²) in [6.07, 6.45) is 0. The second kappa shape index (κ2) is 10.5. The standard InChI is InChI=1S/C25H28N2O4S/c1-3-29-21-9-6-19(7-10-21)16-26(2)18-25(28)27(17-22-5-4-14-32-22)20-8-11-23-24(15-20)31-13-12-30-23/h4-11,14-15H,3,12-13,16-18H2,1-2H3. The number of hydrogen-bond acceptors (Lipinski definition) is 6. The Kier molecular flexibility index (Phi) is 7.29. The van der Waals surface area contributed by atoms with Crippen molar-refractivity contribution in [2.75, 3.05) is 38.3 Å². The van der Waals surface area contributed by atoms with Crippen LogP contribution in [0.2, 0.25) is 0 Å². The van der Waals surface area contributed by atoms with E-state index in [9.17, 15) is 4.79 Å². The van der Waals surface area contributed by atoms with Gasteiger partial charge in [-0.2, -0.15) is 0 Å². The maximum absolute atomic E-state index is 13.4. The van der Waals surface area contributed by atoms with Crippen LogP contribution in [0.3, 0.4) is 0 Å². The van der Waals surface area contributed by atoms with Gasteiger partial charge in [-0.25, -0.2) is 0 Å². The molecule has 0 N–H and O–H groups in total. The average molecular weight is 453 g/mol. The predicted octanol–water partition coefficient (Wildman–Crippen LogP) is 4.58. The van der Waals surface area contributed by atoms with Crippen molar-refractivity contribution in [3.05, 3.63) is 70.4 Å². The van der Waals surface area contributed by atoms with Crippen LogP contribution in [0.1, 0.15) is 17.4 Å². The van der Waals surface area contributed by atoms with Crippen LogP contribution in [0, 0.1) is 0 Å². The number of carbonyl (C=O) groups excluding carboxylic acids is 1. The van der Waals surface area contributed by atoms with Gasteiger partial charge < -0.3 is 19.1 Å². The minimum atomic E-state index is 0.0310. The van der Waals surface area contributed by atoms with Gasteiger partial charge in [0.25, 0.3) is 0 Å². The zero-order valence-corrected chi connectivity index (χ0v) is 19.3. The van der Waals surface area contributed by atoms with E-state index in [-0.39, 0.29) is 5.91 Å². The molecule has 3 aromatic rings. The number of thiophene rings is 1. The molecule has 4 rings (SSSR count). The second-order valence-corrected chi connectivity index (χ2v) is 8.67. The first-order chi connectivity index (χ1) is 15.6. The van der Waals surface area contributed by atoms with Crippen molar-refractivity contribution in [1.29, 1.82) is 0 Å². The van der Waals surface area contributed by atoms with Crippen LogP contribution >= 0.6 is 11.3 Å². The topological polar surface area (TPSA) is 51.2 Å². The molecule has 2 heterocycles. The van der Waals surface area contributed by atoms with Gasteiger partial charge in [-0.15, -0.1) is 11.3 Å². The fourth-order valence-electron chi connectivity index (χ4n) is 3.62. The third-order valence-corrected chi connectivity index (χ3v) is 5.99. The van der Waals surface area contributed by atoms with Crippen LogP contribution in [0.15, 0.2) is 60.0 Å². The van der Waals surface area contributed by atoms with Crippen LogP contribution < -0.4 is 19.1 Å². The number of likely N-dealkylation sites (N-methyl/N-ethyl adjacent to an activating group) is 1. The highest BCUT2D eigenvalue weighted by molar-refractivity contribution is 7.09. The average Bonchev–Trinajstić information content (AvgIpc) is 3.32. The molecule has 0 atom stereocenters. The largest absolute Gasteiger partial charge is 0.494 e. The lowest BCUT2D eigenvalue weighted by atomic mass is 10.2. The van der Waals surface area contributed by atoms with Gasteiger partial charge in [0.2, 0.25) is 5.91 Å². The molecule has 1 aliphatic rings. The van der Waals surface area contributed by atoms with Gasteiger partial charge in [0.05, 0.1) is 19.7 Å². The fourth-order valence-corrected chi connectivity index (χ4v) is 4.32. The Morgan fingerprint density at radius 2 is 1.81 bits per heavy atom. The number of rotatable bonds is 9. The Balaban J connectivity index is 1.47. The lowest BCUT2D eigenvalue weighted by molar-refractivity contribution is -0.119. The molecular weight excluding hydrogens is 424 g/mol. The van der Waals surface area contributed by atoms with Crippen molar-refractivity contribution < 1.29 is 19.0 Å². The maximum Gasteiger partial charge on any atom is 0.241 e. The van der Waals surface area contributed by atoms with Crippen LogP contribution in [0.5, 0.6) is 17.2 Å². The van der Waals surface area contributed by atoms with Gasteiger partial charge in [-0.05, 0) is 55.2 Å². The van der Waals surface area contributed by atoms with E-state index in [0.29, 0.717) is 45.2 Å². The summed E-state index contributed by atoms with van der Waals surface area (Å²) < 4.78 is 16.9. The molecule has 2 aromatic carbocycles. The summed E-state index contributed by atoms with van der Waals surface area (Å²) >= 11 is 1.64. The molecule has 0 radical (unpaired) electrons. The van der Waals surface area contributed by atoms with Crippen molar-refractivity contribution in [2.24, 2.45) is 0 Å². The van der Waals surface area contributed by atoms with Gasteiger partial charge in [0.1, 0.15) is 19.0 Å². The zero-order valence-electron chi connectivity index (χ0n) is 18.5. The molecule has 0 saturated carbocycles. The Morgan fingerprint density at radius 3 is 2.53 bits per heavy atom. The summed E-state index contributed by atoms with van der Waals surface area (Å²) in [4.78, 5) is 18.3. The summed E-state index contributed by atoms with van der Waals surface area (Å²) in [7, 11) is 1.96. The molecule has 6 nitrogen and oxygen atoms in total. The molecule has 0 bridgehead atoms. The molecular formula is C25H28N2O4S. The van der Waals surface area contributed by atoms with Crippen LogP contribution in [-0.4, -0.2) is 44.2 Å². The number of fused-ring (bicyclic) bond motifs is 1. The summed E-state index contributed by atoms with van der Waals surface area (Å²) in [6.45, 7) is 5.16. The van der Waals surface area contributed by atoms with Crippen LogP contribution in [0.25, 0.3) is 0 Å². The molecule has 1 aliphatic heterocycles.